The average molecular weight is 282 g/mol. The zero-order valence-electron chi connectivity index (χ0n) is 7.94. The van der Waals surface area contributed by atoms with Crippen LogP contribution in [0.15, 0.2) is 16.6 Å². The van der Waals surface area contributed by atoms with Crippen LogP contribution in [0.25, 0.3) is 0 Å². The van der Waals surface area contributed by atoms with E-state index in [4.69, 9.17) is 16.7 Å². The van der Waals surface area contributed by atoms with Gasteiger partial charge in [0, 0.05) is 16.0 Å². The minimum atomic E-state index is -0.676. The van der Waals surface area contributed by atoms with E-state index < -0.39 is 11.2 Å². The van der Waals surface area contributed by atoms with E-state index in [1.54, 1.807) is 26.0 Å². The summed E-state index contributed by atoms with van der Waals surface area (Å²) in [6, 6.07) is 3.16. The van der Waals surface area contributed by atoms with Gasteiger partial charge >= 0.3 is 0 Å². The van der Waals surface area contributed by atoms with Gasteiger partial charge in [-0.05, 0) is 28.1 Å². The molecule has 0 amide bonds. The van der Waals surface area contributed by atoms with E-state index in [1.165, 1.54) is 0 Å². The monoisotopic (exact) mass is 280 g/mol. The smallest absolute Gasteiger partial charge is 0.142 e. The first kappa shape index (κ1) is 12.0. The fourth-order valence-electron chi connectivity index (χ4n) is 1.23. The number of halogens is 3. The van der Waals surface area contributed by atoms with Crippen molar-refractivity contribution in [1.82, 2.24) is 0 Å². The van der Waals surface area contributed by atoms with Crippen molar-refractivity contribution in [3.05, 3.63) is 33.0 Å². The van der Waals surface area contributed by atoms with Crippen molar-refractivity contribution in [3.8, 4) is 0 Å². The van der Waals surface area contributed by atoms with Gasteiger partial charge in [0.1, 0.15) is 5.82 Å². The van der Waals surface area contributed by atoms with Gasteiger partial charge in [-0.15, -0.1) is 0 Å². The molecule has 0 aliphatic carbocycles. The molecule has 14 heavy (non-hydrogen) atoms. The van der Waals surface area contributed by atoms with Crippen LogP contribution in [0.5, 0.6) is 0 Å². The first-order valence-electron chi connectivity index (χ1n) is 4.15. The van der Waals surface area contributed by atoms with Crippen molar-refractivity contribution in [3.63, 3.8) is 0 Å². The van der Waals surface area contributed by atoms with Crippen molar-refractivity contribution < 1.29 is 9.50 Å². The number of benzene rings is 1. The zero-order valence-corrected chi connectivity index (χ0v) is 10.3. The van der Waals surface area contributed by atoms with Gasteiger partial charge in [-0.3, -0.25) is 0 Å². The summed E-state index contributed by atoms with van der Waals surface area (Å²) >= 11 is 8.98. The molecule has 0 aliphatic heterocycles. The summed E-state index contributed by atoms with van der Waals surface area (Å²) in [6.07, 6.45) is 0. The van der Waals surface area contributed by atoms with Crippen LogP contribution >= 0.6 is 27.5 Å². The Bertz CT molecular complexity index is 352. The van der Waals surface area contributed by atoms with Gasteiger partial charge in [-0.2, -0.15) is 0 Å². The highest BCUT2D eigenvalue weighted by molar-refractivity contribution is 9.10. The van der Waals surface area contributed by atoms with E-state index in [0.717, 1.165) is 0 Å². The lowest BCUT2D eigenvalue weighted by Crippen LogP contribution is -2.24. The molecular weight excluding hydrogens is 270 g/mol. The van der Waals surface area contributed by atoms with Crippen molar-refractivity contribution in [1.29, 1.82) is 0 Å². The molecule has 0 bridgehead atoms. The molecular formula is C10H11BrClFO. The molecule has 0 radical (unpaired) electrons. The highest BCUT2D eigenvalue weighted by Gasteiger charge is 2.27. The molecule has 0 saturated heterocycles. The number of aliphatic hydroxyl groups is 1. The summed E-state index contributed by atoms with van der Waals surface area (Å²) in [5.74, 6) is -0.406. The Morgan fingerprint density at radius 2 is 2.07 bits per heavy atom. The largest absolute Gasteiger partial charge is 0.395 e. The van der Waals surface area contributed by atoms with Crippen LogP contribution < -0.4 is 0 Å². The molecule has 78 valence electrons. The Balaban J connectivity index is 3.40. The third-order valence-electron chi connectivity index (χ3n) is 2.12. The van der Waals surface area contributed by atoms with Crippen LogP contribution in [0.4, 0.5) is 4.39 Å². The lowest BCUT2D eigenvalue weighted by atomic mass is 9.85. The van der Waals surface area contributed by atoms with Crippen LogP contribution in [0.3, 0.4) is 0 Å². The van der Waals surface area contributed by atoms with Crippen LogP contribution in [0, 0.1) is 5.82 Å². The lowest BCUT2D eigenvalue weighted by Gasteiger charge is -2.24. The Kier molecular flexibility index (Phi) is 3.56. The molecule has 1 aromatic rings. The third-order valence-corrected chi connectivity index (χ3v) is 3.04. The predicted octanol–water partition coefficient (Wildman–Crippen LogP) is 3.51. The minimum absolute atomic E-state index is 0.153. The van der Waals surface area contributed by atoms with E-state index in [2.05, 4.69) is 15.9 Å². The van der Waals surface area contributed by atoms with Crippen molar-refractivity contribution in [2.24, 2.45) is 0 Å². The molecule has 1 nitrogen and oxygen atoms in total. The molecule has 4 heteroatoms. The molecule has 0 atom stereocenters. The quantitative estimate of drug-likeness (QED) is 0.823. The first-order valence-corrected chi connectivity index (χ1v) is 5.32. The third kappa shape index (κ3) is 2.10. The number of rotatable bonds is 2. The Morgan fingerprint density at radius 1 is 1.50 bits per heavy atom. The van der Waals surface area contributed by atoms with Crippen LogP contribution in [0.2, 0.25) is 5.02 Å². The molecule has 0 aliphatic rings. The van der Waals surface area contributed by atoms with Crippen molar-refractivity contribution in [2.75, 3.05) is 6.61 Å². The molecule has 0 saturated carbocycles. The standard InChI is InChI=1S/C10H11BrClFO/c1-10(2,5-14)8-7(12)4-3-6(11)9(8)13/h3-4,14H,5H2,1-2H3. The summed E-state index contributed by atoms with van der Waals surface area (Å²) in [5.41, 5.74) is -0.332. The van der Waals surface area contributed by atoms with Crippen LogP contribution in [-0.4, -0.2) is 11.7 Å². The second-order valence-corrected chi connectivity index (χ2v) is 5.02. The fraction of sp³-hybridized carbons (Fsp3) is 0.400. The predicted molar refractivity (Wildman–Crippen MR) is 59.2 cm³/mol. The van der Waals surface area contributed by atoms with Gasteiger partial charge in [0.05, 0.1) is 11.1 Å². The maximum Gasteiger partial charge on any atom is 0.142 e. The van der Waals surface area contributed by atoms with Crippen LogP contribution in [-0.2, 0) is 5.41 Å². The van der Waals surface area contributed by atoms with E-state index >= 15 is 0 Å². The molecule has 0 aromatic heterocycles. The molecule has 0 fully saturated rings. The van der Waals surface area contributed by atoms with Gasteiger partial charge < -0.3 is 5.11 Å². The minimum Gasteiger partial charge on any atom is -0.395 e. The normalized spacial score (nSPS) is 11.9. The van der Waals surface area contributed by atoms with Gasteiger partial charge in [0.15, 0.2) is 0 Å². The molecule has 1 N–H and O–H groups in total. The number of hydrogen-bond donors (Lipinski definition) is 1. The SMILES string of the molecule is CC(C)(CO)c1c(Cl)ccc(Br)c1F. The molecule has 1 aromatic carbocycles. The maximum absolute atomic E-state index is 13.7. The second kappa shape index (κ2) is 4.17. The van der Waals surface area contributed by atoms with Crippen LogP contribution in [0.1, 0.15) is 19.4 Å². The highest BCUT2D eigenvalue weighted by Crippen LogP contribution is 2.34. The maximum atomic E-state index is 13.7. The molecule has 1 rings (SSSR count). The summed E-state index contributed by atoms with van der Waals surface area (Å²) in [5, 5.41) is 9.48. The second-order valence-electron chi connectivity index (χ2n) is 3.76. The average Bonchev–Trinajstić information content (AvgIpc) is 2.12. The summed E-state index contributed by atoms with van der Waals surface area (Å²) in [6.45, 7) is 3.33. The van der Waals surface area contributed by atoms with E-state index in [0.29, 0.717) is 15.1 Å². The Hall–Kier alpha value is -0.120. The van der Waals surface area contributed by atoms with Gasteiger partial charge in [0.2, 0.25) is 0 Å². The first-order chi connectivity index (χ1) is 6.40. The summed E-state index contributed by atoms with van der Waals surface area (Å²) < 4.78 is 14.1. The number of hydrogen-bond acceptors (Lipinski definition) is 1. The molecule has 0 heterocycles. The Labute approximate surface area is 96.0 Å². The Morgan fingerprint density at radius 3 is 2.57 bits per heavy atom. The van der Waals surface area contributed by atoms with Crippen molar-refractivity contribution >= 4 is 27.5 Å². The van der Waals surface area contributed by atoms with E-state index in [1.807, 2.05) is 0 Å². The molecule has 0 spiro atoms. The van der Waals surface area contributed by atoms with Crippen molar-refractivity contribution in [2.45, 2.75) is 19.3 Å². The van der Waals surface area contributed by atoms with Gasteiger partial charge in [-0.1, -0.05) is 25.4 Å². The fourth-order valence-corrected chi connectivity index (χ4v) is 1.96. The molecule has 0 unspecified atom stereocenters. The number of aliphatic hydroxyl groups excluding tert-OH is 1. The summed E-state index contributed by atoms with van der Waals surface area (Å²) in [7, 11) is 0. The van der Waals surface area contributed by atoms with Gasteiger partial charge in [-0.25, -0.2) is 4.39 Å². The summed E-state index contributed by atoms with van der Waals surface area (Å²) in [4.78, 5) is 0. The van der Waals surface area contributed by atoms with E-state index in [-0.39, 0.29) is 6.61 Å². The zero-order chi connectivity index (χ0) is 10.9. The van der Waals surface area contributed by atoms with E-state index in [9.17, 15) is 4.39 Å². The highest BCUT2D eigenvalue weighted by atomic mass is 79.9. The van der Waals surface area contributed by atoms with Gasteiger partial charge in [0.25, 0.3) is 0 Å². The lowest BCUT2D eigenvalue weighted by molar-refractivity contribution is 0.215. The topological polar surface area (TPSA) is 20.2 Å².